The first-order valence-corrected chi connectivity index (χ1v) is 22.3. The van der Waals surface area contributed by atoms with Crippen LogP contribution in [-0.4, -0.2) is 125 Å². The molecule has 0 radical (unpaired) electrons. The second kappa shape index (κ2) is 28.6. The van der Waals surface area contributed by atoms with Crippen LogP contribution in [-0.2, 0) is 57.6 Å². The summed E-state index contributed by atoms with van der Waals surface area (Å²) < 4.78 is 13.6. The van der Waals surface area contributed by atoms with Gasteiger partial charge in [-0.3, -0.25) is 33.6 Å². The van der Waals surface area contributed by atoms with Crippen molar-refractivity contribution in [3.63, 3.8) is 0 Å². The lowest BCUT2D eigenvalue weighted by Gasteiger charge is -2.23. The third-order valence-corrected chi connectivity index (χ3v) is 10.5. The molecule has 4 aromatic rings. The Morgan fingerprint density at radius 2 is 0.873 bits per heavy atom. The lowest BCUT2D eigenvalue weighted by Crippen LogP contribution is -2.56. The predicted molar refractivity (Wildman–Crippen MR) is 252 cm³/mol. The van der Waals surface area contributed by atoms with Gasteiger partial charge in [0.05, 0.1) is 6.54 Å². The first kappa shape index (κ1) is 54.9. The molecule has 2 unspecified atom stereocenters. The molecule has 21 nitrogen and oxygen atoms in total. The smallest absolute Gasteiger partial charge is 0.326 e. The number of amides is 8. The van der Waals surface area contributed by atoms with Gasteiger partial charge in [-0.15, -0.1) is 0 Å². The van der Waals surface area contributed by atoms with Crippen LogP contribution < -0.4 is 42.5 Å². The first-order chi connectivity index (χ1) is 34.0. The van der Waals surface area contributed by atoms with E-state index in [1.54, 1.807) is 91.0 Å². The van der Waals surface area contributed by atoms with Gasteiger partial charge in [0.2, 0.25) is 29.5 Å². The third-order valence-electron chi connectivity index (χ3n) is 10.5. The molecule has 0 saturated carbocycles. The number of carbonyl (C=O) groups excluding carboxylic acids is 7. The molecule has 71 heavy (non-hydrogen) atoms. The van der Waals surface area contributed by atoms with Crippen molar-refractivity contribution >= 4 is 59.4 Å². The first-order valence-electron chi connectivity index (χ1n) is 22.3. The zero-order valence-electron chi connectivity index (χ0n) is 38.2. The minimum Gasteiger partial charge on any atom is -0.481 e. The van der Waals surface area contributed by atoms with E-state index >= 15 is 0 Å². The molecule has 4 rings (SSSR count). The minimum absolute atomic E-state index is 0.00104. The van der Waals surface area contributed by atoms with Crippen LogP contribution >= 0.6 is 0 Å². The van der Waals surface area contributed by atoms with Gasteiger partial charge in [0, 0.05) is 50.8 Å². The summed E-state index contributed by atoms with van der Waals surface area (Å²) in [5, 5.41) is 47.4. The highest BCUT2D eigenvalue weighted by molar-refractivity contribution is 5.99. The van der Waals surface area contributed by atoms with E-state index in [9.17, 15) is 62.5 Å². The fourth-order valence-electron chi connectivity index (χ4n) is 6.84. The zero-order chi connectivity index (χ0) is 51.7. The van der Waals surface area contributed by atoms with Crippen molar-refractivity contribution in [2.24, 2.45) is 0 Å². The number of rotatable bonds is 28. The average molecular weight is 982 g/mol. The molecule has 0 spiro atoms. The van der Waals surface area contributed by atoms with Crippen molar-refractivity contribution < 1.29 is 67.7 Å². The number of benzene rings is 4. The number of carboxylic acids is 3. The van der Waals surface area contributed by atoms with Crippen molar-refractivity contribution in [1.82, 2.24) is 42.5 Å². The molecule has 22 heteroatoms. The Morgan fingerprint density at radius 1 is 0.437 bits per heavy atom. The summed E-state index contributed by atoms with van der Waals surface area (Å²) in [6.45, 7) is -0.796. The molecule has 0 heterocycles. The topological polar surface area (TPSA) is 328 Å². The summed E-state index contributed by atoms with van der Waals surface area (Å²) in [5.41, 5.74) is 2.14. The van der Waals surface area contributed by atoms with Crippen molar-refractivity contribution in [1.29, 1.82) is 0 Å². The van der Waals surface area contributed by atoms with Gasteiger partial charge in [0.1, 0.15) is 36.0 Å². The fourth-order valence-corrected chi connectivity index (χ4v) is 6.84. The molecular formula is C49H55FN8O13. The summed E-state index contributed by atoms with van der Waals surface area (Å²) in [5.74, 6) is -9.13. The summed E-state index contributed by atoms with van der Waals surface area (Å²) in [7, 11) is 0. The molecule has 8 amide bonds. The molecule has 4 aromatic carbocycles. The van der Waals surface area contributed by atoms with E-state index in [2.05, 4.69) is 31.9 Å². The normalized spacial score (nSPS) is 12.7. The molecule has 0 aromatic heterocycles. The van der Waals surface area contributed by atoms with Crippen LogP contribution in [0.15, 0.2) is 115 Å². The summed E-state index contributed by atoms with van der Waals surface area (Å²) >= 11 is 0. The molecule has 5 atom stereocenters. The van der Waals surface area contributed by atoms with E-state index in [1.807, 2.05) is 10.6 Å². The van der Waals surface area contributed by atoms with Gasteiger partial charge in [-0.05, 0) is 53.8 Å². The fraction of sp³-hybridized carbons (Fsp3) is 0.306. The SMILES string of the molecule is O=C(O)CCC(NC(=O)NC(CCC(=O)N[C@@H](Cc1ccccc1)C(=O)NCCNC(=O)CNC(=O)[C@H](Cc1ccccc1)NC(=O)[C@H](Cc1ccccc1)NC(=O)c1ccc([18F])cc1)C(=O)O)C(=O)O. The number of aliphatic carboxylic acids is 3. The van der Waals surface area contributed by atoms with E-state index in [0.717, 1.165) is 12.1 Å². The minimum atomic E-state index is -1.68. The summed E-state index contributed by atoms with van der Waals surface area (Å²) in [4.78, 5) is 127. The number of hydrogen-bond donors (Lipinski definition) is 11. The van der Waals surface area contributed by atoms with E-state index in [4.69, 9.17) is 5.11 Å². The highest BCUT2D eigenvalue weighted by Crippen LogP contribution is 2.10. The van der Waals surface area contributed by atoms with E-state index in [0.29, 0.717) is 16.7 Å². The molecule has 0 aliphatic rings. The maximum Gasteiger partial charge on any atom is 0.326 e. The van der Waals surface area contributed by atoms with Crippen LogP contribution in [0, 0.1) is 5.82 Å². The third kappa shape index (κ3) is 20.2. The number of urea groups is 1. The Labute approximate surface area is 406 Å². The molecule has 0 saturated heterocycles. The standard InChI is InChI=1S/C49H55FN8O13/c50-34-18-16-33(17-19-34)43(63)55-39(28-32-14-8-3-9-15-32)46(66)56-38(27-31-12-6-2-7-13-31)45(65)53-29-41(60)51-24-25-52-44(64)37(26-30-10-4-1-5-11-30)54-40(59)22-20-35(47(67)68)57-49(71)58-36(48(69)70)21-23-42(61)62/h1-19,35-39H,20-29H2,(H,51,60)(H,52,64)(H,53,65)(H,54,59)(H,55,63)(H,56,66)(H,61,62)(H,67,68)(H,69,70)(H2,57,58,71)/t35?,36?,37-,38-,39-/m0/s1/i50-1. The van der Waals surface area contributed by atoms with Gasteiger partial charge in [0.15, 0.2) is 0 Å². The van der Waals surface area contributed by atoms with Crippen molar-refractivity contribution in [3.8, 4) is 0 Å². The molecule has 0 bridgehead atoms. The van der Waals surface area contributed by atoms with E-state index in [1.165, 1.54) is 12.1 Å². The number of carbonyl (C=O) groups is 10. The quantitative estimate of drug-likeness (QED) is 0.0352. The van der Waals surface area contributed by atoms with Gasteiger partial charge >= 0.3 is 23.9 Å². The maximum atomic E-state index is 13.9. The lowest BCUT2D eigenvalue weighted by molar-refractivity contribution is -0.141. The number of halogens is 1. The molecular weight excluding hydrogens is 927 g/mol. The van der Waals surface area contributed by atoms with Crippen LogP contribution in [0.4, 0.5) is 9.18 Å². The Bertz CT molecular complexity index is 2470. The van der Waals surface area contributed by atoms with Crippen molar-refractivity contribution in [2.75, 3.05) is 19.6 Å². The maximum absolute atomic E-state index is 13.9. The highest BCUT2D eigenvalue weighted by atomic mass is 18.2. The number of nitrogens with one attached hydrogen (secondary N) is 8. The van der Waals surface area contributed by atoms with Gasteiger partial charge < -0.3 is 57.9 Å². The van der Waals surface area contributed by atoms with Gasteiger partial charge in [-0.2, -0.15) is 0 Å². The van der Waals surface area contributed by atoms with Gasteiger partial charge in [-0.1, -0.05) is 91.0 Å². The second-order valence-corrected chi connectivity index (χ2v) is 16.0. The number of hydrogen-bond acceptors (Lipinski definition) is 10. The zero-order valence-corrected chi connectivity index (χ0v) is 38.2. The van der Waals surface area contributed by atoms with Gasteiger partial charge in [0.25, 0.3) is 5.91 Å². The largest absolute Gasteiger partial charge is 0.481 e. The molecule has 0 aliphatic carbocycles. The molecule has 376 valence electrons. The summed E-state index contributed by atoms with van der Waals surface area (Å²) in [6, 6.07) is 22.8. The highest BCUT2D eigenvalue weighted by Gasteiger charge is 2.30. The number of carboxylic acid groups (broad SMARTS) is 3. The summed E-state index contributed by atoms with van der Waals surface area (Å²) in [6.07, 6.45) is -1.98. The molecule has 0 fully saturated rings. The van der Waals surface area contributed by atoms with E-state index in [-0.39, 0.29) is 37.9 Å². The van der Waals surface area contributed by atoms with Crippen LogP contribution in [0.2, 0.25) is 0 Å². The monoisotopic (exact) mass is 981 g/mol. The van der Waals surface area contributed by atoms with Crippen molar-refractivity contribution in [2.45, 2.75) is 75.2 Å². The van der Waals surface area contributed by atoms with Crippen molar-refractivity contribution in [3.05, 3.63) is 143 Å². The lowest BCUT2D eigenvalue weighted by atomic mass is 10.0. The predicted octanol–water partition coefficient (Wildman–Crippen LogP) is 0.821. The Kier molecular flexibility index (Phi) is 22.1. The average Bonchev–Trinajstić information content (AvgIpc) is 3.34. The molecule has 0 aliphatic heterocycles. The second-order valence-electron chi connectivity index (χ2n) is 16.0. The Morgan fingerprint density at radius 3 is 1.35 bits per heavy atom. The Hall–Kier alpha value is -8.69. The van der Waals surface area contributed by atoms with Crippen LogP contribution in [0.3, 0.4) is 0 Å². The van der Waals surface area contributed by atoms with Gasteiger partial charge in [-0.25, -0.2) is 18.8 Å². The van der Waals surface area contributed by atoms with Crippen LogP contribution in [0.5, 0.6) is 0 Å². The Balaban J connectivity index is 1.32. The van der Waals surface area contributed by atoms with Crippen LogP contribution in [0.1, 0.15) is 52.7 Å². The van der Waals surface area contributed by atoms with Crippen LogP contribution in [0.25, 0.3) is 0 Å². The van der Waals surface area contributed by atoms with E-state index < -0.39 is 128 Å². The molecule has 11 N–H and O–H groups in total.